The van der Waals surface area contributed by atoms with E-state index in [0.717, 1.165) is 0 Å². The van der Waals surface area contributed by atoms with Gasteiger partial charge in [-0.25, -0.2) is 4.79 Å². The van der Waals surface area contributed by atoms with E-state index in [9.17, 15) is 14.9 Å². The van der Waals surface area contributed by atoms with Gasteiger partial charge in [-0.2, -0.15) is 0 Å². The van der Waals surface area contributed by atoms with Gasteiger partial charge in [-0.1, -0.05) is 6.08 Å². The summed E-state index contributed by atoms with van der Waals surface area (Å²) in [5.74, 6) is 0.207. The van der Waals surface area contributed by atoms with Gasteiger partial charge in [-0.15, -0.1) is 0 Å². The topological polar surface area (TPSA) is 110 Å². The molecule has 1 aliphatic carbocycles. The van der Waals surface area contributed by atoms with Crippen molar-refractivity contribution >= 4 is 6.16 Å². The van der Waals surface area contributed by atoms with Crippen LogP contribution < -0.4 is 0 Å². The van der Waals surface area contributed by atoms with E-state index in [2.05, 4.69) is 4.74 Å². The molecule has 0 unspecified atom stereocenters. The van der Waals surface area contributed by atoms with Crippen LogP contribution in [-0.4, -0.2) is 23.7 Å². The second-order valence-electron chi connectivity index (χ2n) is 2.65. The zero-order valence-corrected chi connectivity index (χ0v) is 8.50. The van der Waals surface area contributed by atoms with Gasteiger partial charge in [0.2, 0.25) is 5.70 Å². The van der Waals surface area contributed by atoms with Gasteiger partial charge < -0.3 is 14.9 Å². The van der Waals surface area contributed by atoms with E-state index in [1.165, 1.54) is 31.4 Å². The first kappa shape index (κ1) is 13.8. The molecule has 1 aliphatic rings. The number of rotatable bonds is 2. The Morgan fingerprint density at radius 1 is 1.50 bits per heavy atom. The maximum atomic E-state index is 10.7. The molecule has 0 amide bonds. The molecule has 0 spiro atoms. The molecule has 0 aliphatic heterocycles. The fraction of sp³-hybridized carbons (Fsp3) is 0.222. The van der Waals surface area contributed by atoms with E-state index < -0.39 is 11.1 Å². The molecular formula is C9H11NO6. The molecule has 88 valence electrons. The molecule has 16 heavy (non-hydrogen) atoms. The highest BCUT2D eigenvalue weighted by atomic mass is 16.7. The highest BCUT2D eigenvalue weighted by Gasteiger charge is 2.11. The number of carbonyl (C=O) groups is 1. The zero-order valence-electron chi connectivity index (χ0n) is 8.50. The van der Waals surface area contributed by atoms with Crippen molar-refractivity contribution in [3.05, 3.63) is 45.9 Å². The van der Waals surface area contributed by atoms with Crippen molar-refractivity contribution in [3.63, 3.8) is 0 Å². The van der Waals surface area contributed by atoms with Crippen LogP contribution in [0.2, 0.25) is 0 Å². The van der Waals surface area contributed by atoms with E-state index in [-0.39, 0.29) is 23.4 Å². The maximum absolute atomic E-state index is 10.7. The van der Waals surface area contributed by atoms with Crippen LogP contribution in [0, 0.1) is 10.1 Å². The van der Waals surface area contributed by atoms with Gasteiger partial charge in [0.15, 0.2) is 0 Å². The van der Waals surface area contributed by atoms with E-state index >= 15 is 0 Å². The molecule has 0 aromatic heterocycles. The summed E-state index contributed by atoms with van der Waals surface area (Å²) in [5.41, 5.74) is 0.0368. The summed E-state index contributed by atoms with van der Waals surface area (Å²) in [7, 11) is 1.18. The van der Waals surface area contributed by atoms with Gasteiger partial charge in [-0.05, 0) is 12.2 Å². The summed E-state index contributed by atoms with van der Waals surface area (Å²) in [6.45, 7) is 0. The maximum Gasteiger partial charge on any atom is 0.513 e. The van der Waals surface area contributed by atoms with Crippen molar-refractivity contribution in [1.82, 2.24) is 0 Å². The van der Waals surface area contributed by atoms with E-state index in [1.54, 1.807) is 0 Å². The molecule has 0 saturated carbocycles. The summed E-state index contributed by atoms with van der Waals surface area (Å²) < 4.78 is 8.97. The third-order valence-corrected chi connectivity index (χ3v) is 1.65. The van der Waals surface area contributed by atoms with Crippen LogP contribution in [0.4, 0.5) is 4.79 Å². The molecule has 2 N–H and O–H groups in total. The first-order valence-electron chi connectivity index (χ1n) is 4.11. The molecule has 0 aromatic carbocycles. The summed E-state index contributed by atoms with van der Waals surface area (Å²) in [4.78, 5) is 20.7. The van der Waals surface area contributed by atoms with Crippen molar-refractivity contribution < 1.29 is 24.7 Å². The molecule has 0 aromatic rings. The zero-order chi connectivity index (χ0) is 11.3. The Kier molecular flexibility index (Phi) is 5.50. The van der Waals surface area contributed by atoms with Crippen LogP contribution >= 0.6 is 0 Å². The SMILES string of the molecule is COC(=O)OC1=CC=C([N+](=O)[O-])CC=C1.O. The Bertz CT molecular complexity index is 368. The van der Waals surface area contributed by atoms with Crippen molar-refractivity contribution in [3.8, 4) is 0 Å². The van der Waals surface area contributed by atoms with Crippen LogP contribution in [0.1, 0.15) is 6.42 Å². The minimum Gasteiger partial charge on any atom is -0.437 e. The smallest absolute Gasteiger partial charge is 0.437 e. The first-order chi connectivity index (χ1) is 7.13. The third-order valence-electron chi connectivity index (χ3n) is 1.65. The van der Waals surface area contributed by atoms with Crippen molar-refractivity contribution in [2.45, 2.75) is 6.42 Å². The third kappa shape index (κ3) is 3.93. The molecule has 0 bridgehead atoms. The van der Waals surface area contributed by atoms with Crippen molar-refractivity contribution in [1.29, 1.82) is 0 Å². The molecule has 1 rings (SSSR count). The summed E-state index contributed by atoms with van der Waals surface area (Å²) >= 11 is 0. The fourth-order valence-corrected chi connectivity index (χ4v) is 0.939. The Labute approximate surface area is 91.1 Å². The lowest BCUT2D eigenvalue weighted by atomic mass is 10.3. The van der Waals surface area contributed by atoms with Crippen LogP contribution in [0.15, 0.2) is 35.8 Å². The summed E-state index contributed by atoms with van der Waals surface area (Å²) in [6.07, 6.45) is 4.98. The lowest BCUT2D eigenvalue weighted by Crippen LogP contribution is -2.02. The van der Waals surface area contributed by atoms with E-state index in [0.29, 0.717) is 0 Å². The van der Waals surface area contributed by atoms with Gasteiger partial charge in [0.1, 0.15) is 5.76 Å². The Morgan fingerprint density at radius 2 is 2.19 bits per heavy atom. The molecule has 7 heteroatoms. The monoisotopic (exact) mass is 229 g/mol. The lowest BCUT2D eigenvalue weighted by molar-refractivity contribution is -0.426. The number of methoxy groups -OCH3 is 1. The summed E-state index contributed by atoms with van der Waals surface area (Å²) in [5, 5.41) is 10.4. The number of hydrogen-bond donors (Lipinski definition) is 0. The second kappa shape index (κ2) is 6.36. The number of carbonyl (C=O) groups excluding carboxylic acids is 1. The van der Waals surface area contributed by atoms with Crippen molar-refractivity contribution in [2.24, 2.45) is 0 Å². The van der Waals surface area contributed by atoms with Crippen molar-refractivity contribution in [2.75, 3.05) is 7.11 Å². The molecule has 0 heterocycles. The molecule has 7 nitrogen and oxygen atoms in total. The van der Waals surface area contributed by atoms with Crippen LogP contribution in [0.5, 0.6) is 0 Å². The predicted molar refractivity (Wildman–Crippen MR) is 54.0 cm³/mol. The molecule has 0 saturated heterocycles. The second-order valence-corrected chi connectivity index (χ2v) is 2.65. The fourth-order valence-electron chi connectivity index (χ4n) is 0.939. The minimum atomic E-state index is -0.858. The van der Waals surface area contributed by atoms with E-state index in [4.69, 9.17) is 4.74 Å². The Hall–Kier alpha value is -2.15. The van der Waals surface area contributed by atoms with Crippen LogP contribution in [0.3, 0.4) is 0 Å². The molecule has 0 atom stereocenters. The molecule has 0 radical (unpaired) electrons. The normalized spacial score (nSPS) is 13.8. The van der Waals surface area contributed by atoms with Gasteiger partial charge >= 0.3 is 6.16 Å². The molecular weight excluding hydrogens is 218 g/mol. The standard InChI is InChI=1S/C9H9NO5.H2O/c1-14-9(11)15-8-4-2-3-7(5-6-8)10(12)13;/h2,4-6H,3H2,1H3;1H2. The predicted octanol–water partition coefficient (Wildman–Crippen LogP) is 0.949. The highest BCUT2D eigenvalue weighted by Crippen LogP contribution is 2.12. The van der Waals surface area contributed by atoms with Gasteiger partial charge in [0, 0.05) is 6.08 Å². The first-order valence-corrected chi connectivity index (χ1v) is 4.11. The van der Waals surface area contributed by atoms with Gasteiger partial charge in [0.05, 0.1) is 18.5 Å². The van der Waals surface area contributed by atoms with Gasteiger partial charge in [-0.3, -0.25) is 10.1 Å². The minimum absolute atomic E-state index is 0. The van der Waals surface area contributed by atoms with Crippen LogP contribution in [-0.2, 0) is 9.47 Å². The number of hydrogen-bond acceptors (Lipinski definition) is 5. The number of allylic oxidation sites excluding steroid dienone is 4. The molecule has 0 fully saturated rings. The quantitative estimate of drug-likeness (QED) is 0.397. The Morgan fingerprint density at radius 3 is 2.75 bits per heavy atom. The average molecular weight is 229 g/mol. The Balaban J connectivity index is 0.00000225. The number of ether oxygens (including phenoxy) is 2. The number of nitrogens with zero attached hydrogens (tertiary/aromatic N) is 1. The average Bonchev–Trinajstić information content (AvgIpc) is 2.43. The largest absolute Gasteiger partial charge is 0.513 e. The lowest BCUT2D eigenvalue weighted by Gasteiger charge is -2.00. The van der Waals surface area contributed by atoms with Gasteiger partial charge in [0.25, 0.3) is 0 Å². The highest BCUT2D eigenvalue weighted by molar-refractivity contribution is 5.62. The number of nitro groups is 1. The summed E-state index contributed by atoms with van der Waals surface area (Å²) in [6, 6.07) is 0. The van der Waals surface area contributed by atoms with Crippen LogP contribution in [0.25, 0.3) is 0 Å². The van der Waals surface area contributed by atoms with E-state index in [1.807, 2.05) is 0 Å².